The molecule has 1 aliphatic rings. The summed E-state index contributed by atoms with van der Waals surface area (Å²) in [6.07, 6.45) is 4.85. The lowest BCUT2D eigenvalue weighted by atomic mass is 10.1. The summed E-state index contributed by atoms with van der Waals surface area (Å²) in [6, 6.07) is 14.3. The number of aromatic hydroxyl groups is 1. The van der Waals surface area contributed by atoms with Gasteiger partial charge in [-0.2, -0.15) is 0 Å². The van der Waals surface area contributed by atoms with Gasteiger partial charge >= 0.3 is 0 Å². The van der Waals surface area contributed by atoms with Gasteiger partial charge in [0.15, 0.2) is 5.82 Å². The smallest absolute Gasteiger partial charge is 0.228 e. The Morgan fingerprint density at radius 1 is 1.07 bits per heavy atom. The molecule has 0 radical (unpaired) electrons. The summed E-state index contributed by atoms with van der Waals surface area (Å²) >= 11 is 0. The number of nitrogens with zero attached hydrogens (tertiary/aromatic N) is 3. The number of carbonyl (C=O) groups excluding carboxylic acids is 1. The topological polar surface area (TPSA) is 106 Å². The van der Waals surface area contributed by atoms with E-state index >= 15 is 0 Å². The Kier molecular flexibility index (Phi) is 4.35. The Morgan fingerprint density at radius 2 is 1.83 bits per heavy atom. The Hall–Kier alpha value is -3.87. The number of fused-ring (bicyclic) bond motifs is 3. The van der Waals surface area contributed by atoms with Gasteiger partial charge in [0.05, 0.1) is 11.9 Å². The van der Waals surface area contributed by atoms with Crippen molar-refractivity contribution >= 4 is 28.4 Å². The lowest BCUT2D eigenvalue weighted by molar-refractivity contribution is -0.115. The zero-order chi connectivity index (χ0) is 20.7. The van der Waals surface area contributed by atoms with Gasteiger partial charge in [0.25, 0.3) is 0 Å². The molecule has 0 unspecified atom stereocenters. The average molecular weight is 399 g/mol. The highest BCUT2D eigenvalue weighted by Gasteiger charge is 2.25. The van der Waals surface area contributed by atoms with Crippen LogP contribution >= 0.6 is 0 Å². The quantitative estimate of drug-likeness (QED) is 0.488. The van der Waals surface area contributed by atoms with Gasteiger partial charge in [0.1, 0.15) is 17.6 Å². The fourth-order valence-electron chi connectivity index (χ4n) is 4.18. The van der Waals surface area contributed by atoms with E-state index in [0.29, 0.717) is 5.82 Å². The molecule has 0 spiro atoms. The van der Waals surface area contributed by atoms with Gasteiger partial charge in [-0.05, 0) is 66.8 Å². The molecule has 0 saturated carbocycles. The zero-order valence-corrected chi connectivity index (χ0v) is 16.3. The minimum atomic E-state index is -0.113. The molecular formula is C23H21N5O2. The first-order chi connectivity index (χ1) is 14.6. The van der Waals surface area contributed by atoms with Crippen LogP contribution in [0, 0.1) is 0 Å². The van der Waals surface area contributed by atoms with Crippen molar-refractivity contribution in [2.24, 2.45) is 0 Å². The third-order valence-corrected chi connectivity index (χ3v) is 5.53. The Balaban J connectivity index is 1.41. The van der Waals surface area contributed by atoms with Crippen molar-refractivity contribution in [1.29, 1.82) is 0 Å². The molecule has 1 amide bonds. The van der Waals surface area contributed by atoms with Crippen molar-refractivity contribution < 1.29 is 9.90 Å². The molecule has 0 atom stereocenters. The third-order valence-electron chi connectivity index (χ3n) is 5.53. The van der Waals surface area contributed by atoms with E-state index in [2.05, 4.69) is 19.9 Å². The van der Waals surface area contributed by atoms with Crippen LogP contribution in [0.4, 0.5) is 11.5 Å². The Bertz CT molecular complexity index is 1240. The number of nitrogen functional groups attached to an aromatic ring is 1. The van der Waals surface area contributed by atoms with E-state index in [-0.39, 0.29) is 18.1 Å². The normalized spacial score (nSPS) is 12.8. The number of nitrogens with two attached hydrogens (primary N) is 1. The van der Waals surface area contributed by atoms with E-state index in [1.54, 1.807) is 24.3 Å². The first-order valence-electron chi connectivity index (χ1n) is 9.91. The van der Waals surface area contributed by atoms with Gasteiger partial charge < -0.3 is 20.7 Å². The van der Waals surface area contributed by atoms with Crippen LogP contribution in [0.1, 0.15) is 23.2 Å². The van der Waals surface area contributed by atoms with Crippen LogP contribution < -0.4 is 11.1 Å². The number of carbonyl (C=O) groups is 1. The number of aryl methyl sites for hydroxylation is 1. The molecule has 30 heavy (non-hydrogen) atoms. The summed E-state index contributed by atoms with van der Waals surface area (Å²) in [4.78, 5) is 21.0. The molecule has 1 aliphatic carbocycles. The largest absolute Gasteiger partial charge is 0.508 e. The predicted molar refractivity (Wildman–Crippen MR) is 116 cm³/mol. The number of aromatic nitrogens is 3. The molecule has 2 aromatic carbocycles. The Labute approximate surface area is 173 Å². The van der Waals surface area contributed by atoms with Gasteiger partial charge in [-0.25, -0.2) is 9.97 Å². The summed E-state index contributed by atoms with van der Waals surface area (Å²) in [7, 11) is 0. The van der Waals surface area contributed by atoms with Crippen molar-refractivity contribution in [2.45, 2.75) is 25.7 Å². The van der Waals surface area contributed by atoms with Gasteiger partial charge in [0.2, 0.25) is 5.91 Å². The molecule has 0 saturated heterocycles. The lowest BCUT2D eigenvalue weighted by Crippen LogP contribution is -2.14. The van der Waals surface area contributed by atoms with Crippen LogP contribution in [0.25, 0.3) is 16.7 Å². The first kappa shape index (κ1) is 18.2. The highest BCUT2D eigenvalue weighted by Crippen LogP contribution is 2.36. The molecule has 0 fully saturated rings. The number of phenols is 1. The highest BCUT2D eigenvalue weighted by molar-refractivity contribution is 5.93. The Morgan fingerprint density at radius 3 is 2.60 bits per heavy atom. The van der Waals surface area contributed by atoms with Crippen LogP contribution in [-0.2, 0) is 24.1 Å². The van der Waals surface area contributed by atoms with Gasteiger partial charge in [-0.1, -0.05) is 12.1 Å². The first-order valence-corrected chi connectivity index (χ1v) is 9.91. The minimum Gasteiger partial charge on any atom is -0.508 e. The van der Waals surface area contributed by atoms with Crippen molar-refractivity contribution in [2.75, 3.05) is 11.1 Å². The second-order valence-corrected chi connectivity index (χ2v) is 7.51. The maximum atomic E-state index is 12.3. The number of rotatable bonds is 4. The number of phenolic OH excluding ortho intramolecular Hbond substituents is 1. The zero-order valence-electron chi connectivity index (χ0n) is 16.3. The summed E-state index contributed by atoms with van der Waals surface area (Å²) in [6.45, 7) is 0. The monoisotopic (exact) mass is 399 g/mol. The second kappa shape index (κ2) is 7.18. The molecule has 2 heterocycles. The van der Waals surface area contributed by atoms with Crippen LogP contribution in [0.3, 0.4) is 0 Å². The molecule has 0 bridgehead atoms. The molecule has 0 aliphatic heterocycles. The van der Waals surface area contributed by atoms with Crippen LogP contribution in [0.5, 0.6) is 5.75 Å². The van der Waals surface area contributed by atoms with E-state index in [0.717, 1.165) is 47.2 Å². The van der Waals surface area contributed by atoms with Gasteiger partial charge in [0, 0.05) is 17.1 Å². The standard InChI is InChI=1S/C23H21N5O2/c24-23-22-21(25-13-26-23)18-2-1-3-19(18)28(22)16-8-6-15(7-9-16)27-20(30)12-14-4-10-17(29)11-5-14/h4-11,13,29H,1-3,12H2,(H,27,30)(H2,24,25,26). The molecule has 4 aromatic rings. The van der Waals surface area contributed by atoms with E-state index in [1.807, 2.05) is 24.3 Å². The number of nitrogens with one attached hydrogen (secondary N) is 1. The summed E-state index contributed by atoms with van der Waals surface area (Å²) in [5.41, 5.74) is 13.0. The fraction of sp³-hybridized carbons (Fsp3) is 0.174. The van der Waals surface area contributed by atoms with Crippen molar-refractivity contribution in [1.82, 2.24) is 14.5 Å². The molecule has 150 valence electrons. The number of amides is 1. The molecule has 2 aromatic heterocycles. The molecule has 7 nitrogen and oxygen atoms in total. The highest BCUT2D eigenvalue weighted by atomic mass is 16.3. The van der Waals surface area contributed by atoms with Crippen LogP contribution in [-0.4, -0.2) is 25.5 Å². The van der Waals surface area contributed by atoms with E-state index < -0.39 is 0 Å². The number of anilines is 2. The molecule has 7 heteroatoms. The number of benzene rings is 2. The number of hydrogen-bond acceptors (Lipinski definition) is 5. The second-order valence-electron chi connectivity index (χ2n) is 7.51. The average Bonchev–Trinajstić information content (AvgIpc) is 3.32. The van der Waals surface area contributed by atoms with E-state index in [9.17, 15) is 9.90 Å². The van der Waals surface area contributed by atoms with Crippen molar-refractivity contribution in [3.05, 3.63) is 71.7 Å². The summed E-state index contributed by atoms with van der Waals surface area (Å²) in [5, 5.41) is 12.3. The minimum absolute atomic E-state index is 0.113. The molecular weight excluding hydrogens is 378 g/mol. The van der Waals surface area contributed by atoms with Crippen molar-refractivity contribution in [3.63, 3.8) is 0 Å². The van der Waals surface area contributed by atoms with E-state index in [1.165, 1.54) is 17.6 Å². The SMILES string of the molecule is Nc1ncnc2c3c(n(-c4ccc(NC(=O)Cc5ccc(O)cc5)cc4)c12)CCC3. The van der Waals surface area contributed by atoms with Crippen LogP contribution in [0.2, 0.25) is 0 Å². The summed E-state index contributed by atoms with van der Waals surface area (Å²) < 4.78 is 2.15. The molecule has 5 rings (SSSR count). The predicted octanol–water partition coefficient (Wildman–Crippen LogP) is 3.38. The fourth-order valence-corrected chi connectivity index (χ4v) is 4.18. The summed E-state index contributed by atoms with van der Waals surface area (Å²) in [5.74, 6) is 0.545. The van der Waals surface area contributed by atoms with Gasteiger partial charge in [-0.3, -0.25) is 4.79 Å². The maximum Gasteiger partial charge on any atom is 0.228 e. The van der Waals surface area contributed by atoms with Crippen LogP contribution in [0.15, 0.2) is 54.9 Å². The third kappa shape index (κ3) is 3.14. The molecule has 4 N–H and O–H groups in total. The lowest BCUT2D eigenvalue weighted by Gasteiger charge is -2.12. The number of hydrogen-bond donors (Lipinski definition) is 3. The van der Waals surface area contributed by atoms with Gasteiger partial charge in [-0.15, -0.1) is 0 Å². The van der Waals surface area contributed by atoms with Crippen molar-refractivity contribution in [3.8, 4) is 11.4 Å². The van der Waals surface area contributed by atoms with E-state index in [4.69, 9.17) is 5.73 Å². The maximum absolute atomic E-state index is 12.3.